The van der Waals surface area contributed by atoms with E-state index in [0.717, 1.165) is 58.5 Å². The number of hydrogen-bond donors (Lipinski definition) is 0. The van der Waals surface area contributed by atoms with Gasteiger partial charge in [-0.15, -0.1) is 48.0 Å². The summed E-state index contributed by atoms with van der Waals surface area (Å²) in [5.41, 5.74) is 7.24. The molecule has 54 heavy (non-hydrogen) atoms. The quantitative estimate of drug-likeness (QED) is 0.113. The van der Waals surface area contributed by atoms with Crippen LogP contribution >= 0.6 is 0 Å². The average Bonchev–Trinajstić information content (AvgIpc) is 3.60. The molecule has 4 heterocycles. The Balaban J connectivity index is 0.000000208. The number of aromatic nitrogens is 3. The summed E-state index contributed by atoms with van der Waals surface area (Å²) < 4.78 is 54.2. The van der Waals surface area contributed by atoms with E-state index in [4.69, 9.17) is 14.9 Å². The van der Waals surface area contributed by atoms with Gasteiger partial charge in [0.05, 0.1) is 19.4 Å². The summed E-state index contributed by atoms with van der Waals surface area (Å²) in [7, 11) is -1.74. The molecule has 4 aromatic heterocycles. The molecule has 0 spiro atoms. The van der Waals surface area contributed by atoms with Gasteiger partial charge in [0.1, 0.15) is 0 Å². The van der Waals surface area contributed by atoms with Gasteiger partial charge in [-0.25, -0.2) is 4.98 Å². The van der Waals surface area contributed by atoms with Gasteiger partial charge in [0.25, 0.3) is 0 Å². The van der Waals surface area contributed by atoms with Crippen molar-refractivity contribution in [1.82, 2.24) is 15.0 Å². The first kappa shape index (κ1) is 34.2. The van der Waals surface area contributed by atoms with Gasteiger partial charge >= 0.3 is 0 Å². The molecule has 4 nitrogen and oxygen atoms in total. The standard InChI is InChI=1S/C29H25N2O.C18H23FNSi.Ir/c1-3-8-20(9-4-1)18-21-16-17-30-27(19-21)25-13-7-12-23-24-14-15-26(22-10-5-2-6-11-22)31-29(24)32-28(23)25;1-13(2)10-15-11-17(14-6-8-16(19)9-7-14)20-12-18(15)21(3,4)5;/h2,5-7,10-12,14-17,19-20H,1,3-4,8-9,18H2;6,8-9,11-13H,10H2,1-5H3;/q2*-1;/i18D2;10D2;. The van der Waals surface area contributed by atoms with Crippen molar-refractivity contribution in [2.45, 2.75) is 78.3 Å². The van der Waals surface area contributed by atoms with E-state index in [1.54, 1.807) is 18.5 Å². The molecular formula is C47H48FIrN3OSi-2. The van der Waals surface area contributed by atoms with Gasteiger partial charge in [0.2, 0.25) is 5.71 Å². The van der Waals surface area contributed by atoms with Crippen molar-refractivity contribution in [3.05, 3.63) is 132 Å². The van der Waals surface area contributed by atoms with Gasteiger partial charge in [-0.1, -0.05) is 130 Å². The van der Waals surface area contributed by atoms with E-state index in [-0.39, 0.29) is 37.8 Å². The normalized spacial score (nSPS) is 15.1. The summed E-state index contributed by atoms with van der Waals surface area (Å²) in [4.78, 5) is 13.8. The van der Waals surface area contributed by atoms with Crippen molar-refractivity contribution >= 4 is 35.3 Å². The van der Waals surface area contributed by atoms with Crippen LogP contribution in [0.15, 0.2) is 108 Å². The molecule has 1 aliphatic carbocycles. The Bertz CT molecular complexity index is 2500. The Kier molecular flexibility index (Phi) is 11.1. The SMILES string of the molecule is [2H]C([2H])(c1cc(-c2[c-]cc(F)cc2)ncc1[Si](C)(C)C)C(C)C.[2H]C([2H])(c1ccnc(-c2[c-]ccc3c2oc2nc(-c4ccccc4)ccc23)c1)C1CCCCC1.[Ir]. The predicted molar refractivity (Wildman–Crippen MR) is 219 cm³/mol. The number of furan rings is 1. The van der Waals surface area contributed by atoms with Crippen molar-refractivity contribution in [2.24, 2.45) is 11.8 Å². The summed E-state index contributed by atoms with van der Waals surface area (Å²) >= 11 is 0. The zero-order valence-electron chi connectivity index (χ0n) is 35.5. The van der Waals surface area contributed by atoms with Gasteiger partial charge in [0.15, 0.2) is 0 Å². The molecular weight excluding hydrogens is 862 g/mol. The Labute approximate surface area is 339 Å². The van der Waals surface area contributed by atoms with Gasteiger partial charge < -0.3 is 14.4 Å². The second kappa shape index (κ2) is 17.4. The molecule has 3 aromatic carbocycles. The second-order valence-corrected chi connectivity index (χ2v) is 20.1. The van der Waals surface area contributed by atoms with Crippen molar-refractivity contribution in [3.63, 3.8) is 0 Å². The van der Waals surface area contributed by atoms with E-state index in [1.807, 2.05) is 86.6 Å². The molecule has 0 aliphatic heterocycles. The maximum atomic E-state index is 13.1. The molecule has 1 saturated carbocycles. The van der Waals surface area contributed by atoms with E-state index in [2.05, 4.69) is 41.7 Å². The topological polar surface area (TPSA) is 51.8 Å². The number of benzene rings is 3. The fraction of sp³-hybridized carbons (Fsp3) is 0.298. The minimum atomic E-state index is -1.74. The first-order valence-electron chi connectivity index (χ1n) is 20.6. The zero-order chi connectivity index (χ0) is 40.5. The van der Waals surface area contributed by atoms with Crippen LogP contribution in [0.4, 0.5) is 4.39 Å². The Morgan fingerprint density at radius 3 is 2.39 bits per heavy atom. The molecule has 0 N–H and O–H groups in total. The van der Waals surface area contributed by atoms with Crippen molar-refractivity contribution < 1.29 is 34.4 Å². The number of nitrogens with zero attached hydrogens (tertiary/aromatic N) is 3. The fourth-order valence-corrected chi connectivity index (χ4v) is 8.32. The number of pyridine rings is 3. The number of hydrogen-bond acceptors (Lipinski definition) is 4. The van der Waals surface area contributed by atoms with Crippen molar-refractivity contribution in [2.75, 3.05) is 0 Å². The molecule has 0 bridgehead atoms. The van der Waals surface area contributed by atoms with Crippen LogP contribution < -0.4 is 5.19 Å². The van der Waals surface area contributed by atoms with Gasteiger partial charge in [0, 0.05) is 54.7 Å². The van der Waals surface area contributed by atoms with E-state index in [1.165, 1.54) is 18.6 Å². The first-order chi connectivity index (χ1) is 27.1. The zero-order valence-corrected chi connectivity index (χ0v) is 34.9. The van der Waals surface area contributed by atoms with Gasteiger partial charge in [-0.3, -0.25) is 4.39 Å². The maximum absolute atomic E-state index is 13.1. The van der Waals surface area contributed by atoms with Crippen molar-refractivity contribution in [3.8, 4) is 33.8 Å². The summed E-state index contributed by atoms with van der Waals surface area (Å²) in [6, 6.07) is 33.9. The van der Waals surface area contributed by atoms with Crippen LogP contribution in [0.25, 0.3) is 55.8 Å². The molecule has 0 atom stereocenters. The van der Waals surface area contributed by atoms with E-state index in [9.17, 15) is 4.39 Å². The fourth-order valence-electron chi connectivity index (χ4n) is 6.92. The molecule has 1 radical (unpaired) electrons. The predicted octanol–water partition coefficient (Wildman–Crippen LogP) is 12.1. The monoisotopic (exact) mass is 914 g/mol. The summed E-state index contributed by atoms with van der Waals surface area (Å²) in [5, 5.41) is 2.93. The number of fused-ring (bicyclic) bond motifs is 3. The second-order valence-electron chi connectivity index (χ2n) is 15.1. The summed E-state index contributed by atoms with van der Waals surface area (Å²) in [6.07, 6.45) is 5.96. The Morgan fingerprint density at radius 1 is 0.870 bits per heavy atom. The van der Waals surface area contributed by atoms with E-state index >= 15 is 0 Å². The smallest absolute Gasteiger partial charge is 0.216 e. The van der Waals surface area contributed by atoms with Crippen LogP contribution in [0, 0.1) is 29.8 Å². The van der Waals surface area contributed by atoms with Crippen LogP contribution in [-0.2, 0) is 32.9 Å². The summed E-state index contributed by atoms with van der Waals surface area (Å²) in [5.74, 6) is -0.446. The number of rotatable bonds is 8. The molecule has 1 aliphatic rings. The first-order valence-corrected chi connectivity index (χ1v) is 22.1. The minimum Gasteiger partial charge on any atom is -0.486 e. The van der Waals surface area contributed by atoms with Crippen molar-refractivity contribution in [1.29, 1.82) is 0 Å². The van der Waals surface area contributed by atoms with E-state index in [0.29, 0.717) is 39.4 Å². The van der Waals surface area contributed by atoms with Crippen LogP contribution in [-0.4, -0.2) is 23.0 Å². The van der Waals surface area contributed by atoms with Gasteiger partial charge in [-0.2, -0.15) is 0 Å². The van der Waals surface area contributed by atoms with Crippen LogP contribution in [0.1, 0.15) is 62.6 Å². The molecule has 7 aromatic rings. The molecule has 8 rings (SSSR count). The minimum absolute atomic E-state index is 0. The summed E-state index contributed by atoms with van der Waals surface area (Å²) in [6.45, 7) is 10.3. The molecule has 0 unspecified atom stereocenters. The van der Waals surface area contributed by atoms with Gasteiger partial charge in [-0.05, 0) is 59.4 Å². The third-order valence-corrected chi connectivity index (χ3v) is 11.6. The molecule has 0 saturated heterocycles. The molecule has 7 heteroatoms. The molecule has 279 valence electrons. The third kappa shape index (κ3) is 9.31. The third-order valence-electron chi connectivity index (χ3n) is 9.57. The Morgan fingerprint density at radius 2 is 1.67 bits per heavy atom. The molecule has 1 fully saturated rings. The largest absolute Gasteiger partial charge is 0.486 e. The average molecular weight is 914 g/mol. The Hall–Kier alpha value is -4.29. The van der Waals surface area contributed by atoms with E-state index < -0.39 is 20.8 Å². The van der Waals surface area contributed by atoms with Crippen LogP contribution in [0.2, 0.25) is 19.6 Å². The molecule has 0 amide bonds. The van der Waals surface area contributed by atoms with Crippen LogP contribution in [0.5, 0.6) is 0 Å². The number of halogens is 1. The maximum Gasteiger partial charge on any atom is 0.216 e. The van der Waals surface area contributed by atoms with Crippen LogP contribution in [0.3, 0.4) is 0 Å².